The molecule has 1 saturated heterocycles. The van der Waals surface area contributed by atoms with Gasteiger partial charge in [0.05, 0.1) is 4.91 Å². The normalized spacial score (nSPS) is 22.2. The minimum Gasteiger partial charge on any atom is -0.324 e. The molecule has 1 aliphatic rings. The zero-order chi connectivity index (χ0) is 13.3. The maximum Gasteiger partial charge on any atom is 0.296 e. The molecule has 2 N–H and O–H groups in total. The van der Waals surface area contributed by atoms with E-state index in [9.17, 15) is 13.2 Å². The van der Waals surface area contributed by atoms with Crippen LogP contribution < -0.4 is 5.32 Å². The molecule has 1 aromatic carbocycles. The van der Waals surface area contributed by atoms with Crippen molar-refractivity contribution in [3.63, 3.8) is 0 Å². The maximum absolute atomic E-state index is 11.5. The molecule has 1 aromatic rings. The van der Waals surface area contributed by atoms with E-state index in [1.54, 1.807) is 24.3 Å². The lowest BCUT2D eigenvalue weighted by atomic mass is 10.2. The molecule has 1 heterocycles. The minimum atomic E-state index is -4.30. The lowest BCUT2D eigenvalue weighted by molar-refractivity contribution is -0.116. The van der Waals surface area contributed by atoms with Crippen LogP contribution in [0.15, 0.2) is 29.2 Å². The Morgan fingerprint density at radius 2 is 1.94 bits per heavy atom. The average molecular weight is 306 g/mol. The van der Waals surface area contributed by atoms with E-state index in [0.29, 0.717) is 10.6 Å². The first-order valence-electron chi connectivity index (χ1n) is 4.77. The fourth-order valence-electron chi connectivity index (χ4n) is 1.32. The monoisotopic (exact) mass is 305 g/mol. The van der Waals surface area contributed by atoms with E-state index >= 15 is 0 Å². The minimum absolute atomic E-state index is 0.222. The summed E-state index contributed by atoms with van der Waals surface area (Å²) in [4.78, 5) is 11.7. The number of hydrogen-bond acceptors (Lipinski definition) is 4. The van der Waals surface area contributed by atoms with Crippen LogP contribution >= 0.6 is 23.4 Å². The molecule has 1 atom stereocenters. The highest BCUT2D eigenvalue weighted by Crippen LogP contribution is 2.31. The Morgan fingerprint density at radius 3 is 2.44 bits per heavy atom. The molecule has 0 saturated carbocycles. The van der Waals surface area contributed by atoms with E-state index in [0.717, 1.165) is 11.8 Å². The van der Waals surface area contributed by atoms with Gasteiger partial charge in [-0.2, -0.15) is 8.42 Å². The van der Waals surface area contributed by atoms with E-state index < -0.39 is 20.7 Å². The number of benzene rings is 1. The molecule has 0 aliphatic carbocycles. The van der Waals surface area contributed by atoms with Gasteiger partial charge in [-0.25, -0.2) is 0 Å². The predicted molar refractivity (Wildman–Crippen MR) is 70.5 cm³/mol. The molecule has 2 rings (SSSR count). The molecule has 1 aliphatic heterocycles. The molecule has 5 nitrogen and oxygen atoms in total. The summed E-state index contributed by atoms with van der Waals surface area (Å²) in [6, 6.07) is 6.71. The van der Waals surface area contributed by atoms with E-state index in [-0.39, 0.29) is 4.91 Å². The number of halogens is 1. The topological polar surface area (TPSA) is 83.5 Å². The standard InChI is InChI=1S/C10H8ClNO4S2/c11-7-3-1-6(2-4-7)5-8-9(13)12-10(17-8)18(14,15)16/h1-5,10H,(H,12,13)(H,14,15,16). The zero-order valence-electron chi connectivity index (χ0n) is 8.83. The van der Waals surface area contributed by atoms with E-state index in [1.807, 2.05) is 0 Å². The molecule has 1 amide bonds. The second kappa shape index (κ2) is 4.93. The van der Waals surface area contributed by atoms with Gasteiger partial charge < -0.3 is 5.32 Å². The SMILES string of the molecule is O=C1NC(S(=O)(=O)O)SC1=Cc1ccc(Cl)cc1. The van der Waals surface area contributed by atoms with Gasteiger partial charge in [0.15, 0.2) is 0 Å². The Bertz CT molecular complexity index is 609. The number of carbonyl (C=O) groups is 1. The lowest BCUT2D eigenvalue weighted by Crippen LogP contribution is -2.31. The molecule has 96 valence electrons. The molecular formula is C10H8ClNO4S2. The molecule has 0 radical (unpaired) electrons. The van der Waals surface area contributed by atoms with Gasteiger partial charge in [0.25, 0.3) is 16.0 Å². The van der Waals surface area contributed by atoms with Gasteiger partial charge in [-0.3, -0.25) is 9.35 Å². The smallest absolute Gasteiger partial charge is 0.296 e. The number of thioether (sulfide) groups is 1. The Hall–Kier alpha value is -1.02. The molecule has 18 heavy (non-hydrogen) atoms. The van der Waals surface area contributed by atoms with Crippen molar-refractivity contribution in [3.05, 3.63) is 39.8 Å². The quantitative estimate of drug-likeness (QED) is 0.642. The zero-order valence-corrected chi connectivity index (χ0v) is 11.2. The highest BCUT2D eigenvalue weighted by atomic mass is 35.5. The summed E-state index contributed by atoms with van der Waals surface area (Å²) in [5.74, 6) is -0.530. The summed E-state index contributed by atoms with van der Waals surface area (Å²) in [5.41, 5.74) is 0.716. The third-order valence-electron chi connectivity index (χ3n) is 2.15. The van der Waals surface area contributed by atoms with Gasteiger partial charge in [0, 0.05) is 5.02 Å². The summed E-state index contributed by atoms with van der Waals surface area (Å²) >= 11 is 6.48. The van der Waals surface area contributed by atoms with Crippen molar-refractivity contribution in [2.24, 2.45) is 0 Å². The molecule has 0 spiro atoms. The Balaban J connectivity index is 2.25. The summed E-state index contributed by atoms with van der Waals surface area (Å²) < 4.78 is 29.3. The van der Waals surface area contributed by atoms with Crippen molar-refractivity contribution in [1.82, 2.24) is 5.32 Å². The summed E-state index contributed by atoms with van der Waals surface area (Å²) in [7, 11) is -4.30. The summed E-state index contributed by atoms with van der Waals surface area (Å²) in [5, 5.41) is 2.73. The summed E-state index contributed by atoms with van der Waals surface area (Å²) in [6.07, 6.45) is 1.53. The number of carbonyl (C=O) groups excluding carboxylic acids is 1. The Morgan fingerprint density at radius 1 is 1.33 bits per heavy atom. The van der Waals surface area contributed by atoms with Crippen LogP contribution in [0, 0.1) is 0 Å². The second-order valence-electron chi connectivity index (χ2n) is 3.50. The molecule has 1 unspecified atom stereocenters. The first-order chi connectivity index (χ1) is 8.36. The third kappa shape index (κ3) is 3.05. The van der Waals surface area contributed by atoms with Gasteiger partial charge >= 0.3 is 0 Å². The van der Waals surface area contributed by atoms with Crippen molar-refractivity contribution < 1.29 is 17.8 Å². The van der Waals surface area contributed by atoms with Crippen LogP contribution in [-0.2, 0) is 14.9 Å². The van der Waals surface area contributed by atoms with Crippen LogP contribution in [0.4, 0.5) is 0 Å². The fraction of sp³-hybridized carbons (Fsp3) is 0.100. The number of amides is 1. The maximum atomic E-state index is 11.5. The van der Waals surface area contributed by atoms with E-state index in [2.05, 4.69) is 5.32 Å². The molecule has 0 bridgehead atoms. The van der Waals surface area contributed by atoms with Crippen molar-refractivity contribution in [3.8, 4) is 0 Å². The van der Waals surface area contributed by atoms with Crippen LogP contribution in [0.5, 0.6) is 0 Å². The second-order valence-corrected chi connectivity index (χ2v) is 6.88. The van der Waals surface area contributed by atoms with Gasteiger partial charge in [0.2, 0.25) is 4.71 Å². The number of rotatable bonds is 2. The van der Waals surface area contributed by atoms with E-state index in [4.69, 9.17) is 16.2 Å². The number of hydrogen-bond donors (Lipinski definition) is 2. The van der Waals surface area contributed by atoms with Crippen molar-refractivity contribution in [2.45, 2.75) is 4.71 Å². The van der Waals surface area contributed by atoms with Crippen molar-refractivity contribution in [1.29, 1.82) is 0 Å². The molecule has 1 fully saturated rings. The molecule has 8 heteroatoms. The van der Waals surface area contributed by atoms with Gasteiger partial charge in [-0.15, -0.1) is 0 Å². The molecular weight excluding hydrogens is 298 g/mol. The Kier molecular flexibility index (Phi) is 3.67. The summed E-state index contributed by atoms with van der Waals surface area (Å²) in [6.45, 7) is 0. The van der Waals surface area contributed by atoms with E-state index in [1.165, 1.54) is 6.08 Å². The highest BCUT2D eigenvalue weighted by molar-refractivity contribution is 8.15. The first kappa shape index (κ1) is 13.4. The Labute approximate surface area is 113 Å². The lowest BCUT2D eigenvalue weighted by Gasteiger charge is -2.01. The van der Waals surface area contributed by atoms with Crippen molar-refractivity contribution in [2.75, 3.05) is 0 Å². The number of nitrogens with one attached hydrogen (secondary N) is 1. The van der Waals surface area contributed by atoms with Crippen LogP contribution in [0.2, 0.25) is 5.02 Å². The fourth-order valence-corrected chi connectivity index (χ4v) is 3.27. The first-order valence-corrected chi connectivity index (χ1v) is 7.53. The van der Waals surface area contributed by atoms with Crippen molar-refractivity contribution >= 4 is 45.5 Å². The average Bonchev–Trinajstić information content (AvgIpc) is 2.63. The van der Waals surface area contributed by atoms with Gasteiger partial charge in [-0.05, 0) is 23.8 Å². The van der Waals surface area contributed by atoms with Crippen LogP contribution in [0.3, 0.4) is 0 Å². The van der Waals surface area contributed by atoms with Gasteiger partial charge in [0.1, 0.15) is 0 Å². The van der Waals surface area contributed by atoms with Crippen LogP contribution in [-0.4, -0.2) is 23.6 Å². The third-order valence-corrected chi connectivity index (χ3v) is 4.96. The largest absolute Gasteiger partial charge is 0.324 e. The van der Waals surface area contributed by atoms with Crippen LogP contribution in [0.1, 0.15) is 5.56 Å². The van der Waals surface area contributed by atoms with Gasteiger partial charge in [-0.1, -0.05) is 35.5 Å². The highest BCUT2D eigenvalue weighted by Gasteiger charge is 2.35. The molecule has 0 aromatic heterocycles. The predicted octanol–water partition coefficient (Wildman–Crippen LogP) is 1.72. The van der Waals surface area contributed by atoms with Crippen LogP contribution in [0.25, 0.3) is 6.08 Å².